The quantitative estimate of drug-likeness (QED) is 0.290. The summed E-state index contributed by atoms with van der Waals surface area (Å²) in [6.45, 7) is -0.245. The van der Waals surface area contributed by atoms with Gasteiger partial charge in [-0.05, 0) is 17.7 Å². The molecule has 0 aliphatic carbocycles. The van der Waals surface area contributed by atoms with E-state index in [0.29, 0.717) is 23.3 Å². The Balaban J connectivity index is 1.73. The van der Waals surface area contributed by atoms with E-state index in [2.05, 4.69) is 5.16 Å². The van der Waals surface area contributed by atoms with Crippen LogP contribution in [0.25, 0.3) is 0 Å². The Morgan fingerprint density at radius 3 is 2.76 bits per heavy atom. The van der Waals surface area contributed by atoms with Crippen molar-refractivity contribution in [1.82, 2.24) is 4.90 Å². The molecule has 1 aromatic rings. The lowest BCUT2D eigenvalue weighted by atomic mass is 10.0. The molecular weight excluding hydrogens is 408 g/mol. The van der Waals surface area contributed by atoms with Crippen LogP contribution >= 0.6 is 11.8 Å². The Bertz CT molecular complexity index is 831. The number of nitrogens with zero attached hydrogens (tertiary/aromatic N) is 2. The zero-order chi connectivity index (χ0) is 21.0. The van der Waals surface area contributed by atoms with E-state index in [1.165, 1.54) is 16.7 Å². The van der Waals surface area contributed by atoms with Gasteiger partial charge >= 0.3 is 5.97 Å². The highest BCUT2D eigenvalue weighted by molar-refractivity contribution is 8.00. The first-order valence-electron chi connectivity index (χ1n) is 8.58. The number of benzene rings is 1. The van der Waals surface area contributed by atoms with Gasteiger partial charge in [-0.1, -0.05) is 17.3 Å². The number of hydrogen-bond acceptors (Lipinski definition) is 8. The lowest BCUT2D eigenvalue weighted by molar-refractivity contribution is -0.151. The molecule has 1 saturated heterocycles. The van der Waals surface area contributed by atoms with E-state index in [1.807, 2.05) is 0 Å². The molecule has 0 spiro atoms. The maximum Gasteiger partial charge on any atom is 0.355 e. The largest absolute Gasteiger partial charge is 0.497 e. The first kappa shape index (κ1) is 21.1. The van der Waals surface area contributed by atoms with Crippen LogP contribution in [-0.2, 0) is 25.8 Å². The third-order valence-corrected chi connectivity index (χ3v) is 5.66. The fourth-order valence-electron chi connectivity index (χ4n) is 2.82. The van der Waals surface area contributed by atoms with Crippen LogP contribution in [0.1, 0.15) is 5.56 Å². The van der Waals surface area contributed by atoms with Crippen LogP contribution in [0.4, 0.5) is 8.78 Å². The van der Waals surface area contributed by atoms with E-state index in [4.69, 9.17) is 20.0 Å². The lowest BCUT2D eigenvalue weighted by Crippen LogP contribution is -2.68. The Labute approximate surface area is 169 Å². The van der Waals surface area contributed by atoms with Crippen LogP contribution in [0.2, 0.25) is 0 Å². The third-order valence-electron chi connectivity index (χ3n) is 4.30. The second kappa shape index (κ2) is 9.23. The van der Waals surface area contributed by atoms with Crippen molar-refractivity contribution >= 4 is 29.9 Å². The molecule has 29 heavy (non-hydrogen) atoms. The van der Waals surface area contributed by atoms with Gasteiger partial charge in [-0.2, -0.15) is 0 Å². The van der Waals surface area contributed by atoms with Crippen LogP contribution in [0, 0.1) is 0 Å². The highest BCUT2D eigenvalue weighted by Crippen LogP contribution is 2.39. The Morgan fingerprint density at radius 1 is 1.38 bits per heavy atom. The molecule has 0 radical (unpaired) electrons. The molecular formula is C18H19F2N3O5S. The predicted octanol–water partition coefficient (Wildman–Crippen LogP) is 1.50. The number of hydrogen-bond donors (Lipinski definition) is 1. The van der Waals surface area contributed by atoms with E-state index in [9.17, 15) is 18.4 Å². The highest BCUT2D eigenvalue weighted by Gasteiger charge is 2.52. The highest BCUT2D eigenvalue weighted by atomic mass is 32.2. The van der Waals surface area contributed by atoms with Gasteiger partial charge in [0.15, 0.2) is 0 Å². The minimum absolute atomic E-state index is 0.0180. The number of carbonyl (C=O) groups excluding carboxylic acids is 2. The summed E-state index contributed by atoms with van der Waals surface area (Å²) >= 11 is 1.36. The molecule has 2 atom stereocenters. The first-order valence-corrected chi connectivity index (χ1v) is 9.63. The molecule has 2 aliphatic heterocycles. The summed E-state index contributed by atoms with van der Waals surface area (Å²) in [6.07, 6.45) is -2.41. The van der Waals surface area contributed by atoms with Crippen molar-refractivity contribution in [3.05, 3.63) is 41.1 Å². The number of carbonyl (C=O) groups is 2. The topological polar surface area (TPSA) is 103 Å². The number of ether oxygens (including phenoxy) is 2. The van der Waals surface area contributed by atoms with Crippen LogP contribution < -0.4 is 10.5 Å². The molecule has 2 aliphatic rings. The first-order chi connectivity index (χ1) is 13.9. The summed E-state index contributed by atoms with van der Waals surface area (Å²) in [4.78, 5) is 31.0. The van der Waals surface area contributed by atoms with E-state index >= 15 is 0 Å². The summed E-state index contributed by atoms with van der Waals surface area (Å²) in [5, 5.41) is 2.78. The molecule has 2 N–H and O–H groups in total. The number of rotatable bonds is 8. The van der Waals surface area contributed by atoms with Gasteiger partial charge in [0.2, 0.25) is 5.91 Å². The maximum absolute atomic E-state index is 12.7. The van der Waals surface area contributed by atoms with Crippen molar-refractivity contribution < 1.29 is 32.7 Å². The van der Waals surface area contributed by atoms with Gasteiger partial charge in [0.1, 0.15) is 42.3 Å². The van der Waals surface area contributed by atoms with Gasteiger partial charge in [-0.3, -0.25) is 9.69 Å². The van der Waals surface area contributed by atoms with Crippen molar-refractivity contribution in [1.29, 1.82) is 0 Å². The minimum Gasteiger partial charge on any atom is -0.497 e. The Kier molecular flexibility index (Phi) is 6.70. The lowest BCUT2D eigenvalue weighted by Gasteiger charge is -2.48. The van der Waals surface area contributed by atoms with Crippen molar-refractivity contribution in [3.8, 4) is 5.75 Å². The average molecular weight is 427 g/mol. The molecule has 11 heteroatoms. The Morgan fingerprint density at radius 2 is 2.10 bits per heavy atom. The van der Waals surface area contributed by atoms with E-state index in [-0.39, 0.29) is 24.3 Å². The molecule has 1 amide bonds. The molecule has 3 rings (SSSR count). The van der Waals surface area contributed by atoms with Crippen molar-refractivity contribution in [2.24, 2.45) is 10.9 Å². The van der Waals surface area contributed by atoms with Gasteiger partial charge in [0, 0.05) is 11.3 Å². The summed E-state index contributed by atoms with van der Waals surface area (Å²) in [5.41, 5.74) is 6.97. The molecule has 0 bridgehead atoms. The standard InChI is InChI=1S/C18H19F2N3O5S/c1-26-12-4-2-10(3-5-12)7-27-18(25)15-11(8-28-22-6-13(19)20)9-29-17-14(21)16(24)23(15)17/h2-6,13-14,17H,7-9,21H2,1H3/t14-,17-/m1/s1. The van der Waals surface area contributed by atoms with Gasteiger partial charge in [-0.25, -0.2) is 13.6 Å². The molecule has 8 nitrogen and oxygen atoms in total. The number of esters is 1. The van der Waals surface area contributed by atoms with Crippen LogP contribution in [0.15, 0.2) is 40.7 Å². The monoisotopic (exact) mass is 427 g/mol. The maximum atomic E-state index is 12.7. The summed E-state index contributed by atoms with van der Waals surface area (Å²) in [6, 6.07) is 6.24. The number of halogens is 2. The fourth-order valence-corrected chi connectivity index (χ4v) is 4.10. The number of fused-ring (bicyclic) bond motifs is 1. The number of amides is 1. The molecule has 0 unspecified atom stereocenters. The fraction of sp³-hybridized carbons (Fsp3) is 0.389. The molecule has 1 aromatic carbocycles. The minimum atomic E-state index is -2.75. The second-order valence-electron chi connectivity index (χ2n) is 6.17. The number of nitrogens with two attached hydrogens (primary N) is 1. The number of thioether (sulfide) groups is 1. The normalized spacial score (nSPS) is 21.3. The zero-order valence-electron chi connectivity index (χ0n) is 15.4. The van der Waals surface area contributed by atoms with E-state index in [0.717, 1.165) is 5.56 Å². The summed E-state index contributed by atoms with van der Waals surface area (Å²) < 4.78 is 34.7. The van der Waals surface area contributed by atoms with Gasteiger partial charge in [-0.15, -0.1) is 11.8 Å². The molecule has 2 heterocycles. The SMILES string of the molecule is COc1ccc(COC(=O)C2=C(CON=CC(F)F)CS[C@@H]3[C@H](N)C(=O)N23)cc1. The Hall–Kier alpha value is -2.66. The number of methoxy groups -OCH3 is 1. The number of oxime groups is 1. The molecule has 0 aromatic heterocycles. The van der Waals surface area contributed by atoms with E-state index < -0.39 is 24.3 Å². The van der Waals surface area contributed by atoms with Crippen molar-refractivity contribution in [2.45, 2.75) is 24.4 Å². The van der Waals surface area contributed by atoms with Gasteiger partial charge in [0.05, 0.1) is 7.11 Å². The molecule has 1 fully saturated rings. The van der Waals surface area contributed by atoms with E-state index in [1.54, 1.807) is 31.4 Å². The smallest absolute Gasteiger partial charge is 0.355 e. The van der Waals surface area contributed by atoms with Crippen LogP contribution in [0.5, 0.6) is 5.75 Å². The predicted molar refractivity (Wildman–Crippen MR) is 101 cm³/mol. The van der Waals surface area contributed by atoms with Crippen LogP contribution in [0.3, 0.4) is 0 Å². The zero-order valence-corrected chi connectivity index (χ0v) is 16.2. The molecule has 0 saturated carbocycles. The van der Waals surface area contributed by atoms with Crippen molar-refractivity contribution in [3.63, 3.8) is 0 Å². The second-order valence-corrected chi connectivity index (χ2v) is 7.28. The average Bonchev–Trinajstić information content (AvgIpc) is 2.74. The summed E-state index contributed by atoms with van der Waals surface area (Å²) in [7, 11) is 1.54. The number of β-lactam (4-membered cyclic amide) rings is 1. The van der Waals surface area contributed by atoms with Gasteiger partial charge in [0.25, 0.3) is 6.43 Å². The summed E-state index contributed by atoms with van der Waals surface area (Å²) in [5.74, 6) is -0.131. The molecule has 156 valence electrons. The number of alkyl halides is 2. The third kappa shape index (κ3) is 4.67. The van der Waals surface area contributed by atoms with Crippen LogP contribution in [-0.4, -0.2) is 60.3 Å². The van der Waals surface area contributed by atoms with Gasteiger partial charge < -0.3 is 20.0 Å². The van der Waals surface area contributed by atoms with Crippen molar-refractivity contribution in [2.75, 3.05) is 19.5 Å².